The van der Waals surface area contributed by atoms with E-state index in [0.717, 1.165) is 23.3 Å². The molecule has 1 unspecified atom stereocenters. The van der Waals surface area contributed by atoms with Gasteiger partial charge in [-0.3, -0.25) is 9.59 Å². The summed E-state index contributed by atoms with van der Waals surface area (Å²) >= 11 is 0. The summed E-state index contributed by atoms with van der Waals surface area (Å²) in [4.78, 5) is 26.4. The SMILES string of the molecule is COCC(=O)Nc1ccc2c(c1)CN(CCc1ccc(OC)cc1)C(=O)C(C)O2. The minimum Gasteiger partial charge on any atom is -0.497 e. The molecule has 0 spiro atoms. The largest absolute Gasteiger partial charge is 0.497 e. The number of carbonyl (C=O) groups excluding carboxylic acids is 2. The molecule has 1 atom stereocenters. The van der Waals surface area contributed by atoms with Crippen LogP contribution in [0.4, 0.5) is 5.69 Å². The molecule has 2 amide bonds. The second kappa shape index (κ2) is 9.43. The monoisotopic (exact) mass is 398 g/mol. The van der Waals surface area contributed by atoms with Crippen LogP contribution in [0, 0.1) is 0 Å². The fourth-order valence-electron chi connectivity index (χ4n) is 3.25. The Morgan fingerprint density at radius 3 is 2.66 bits per heavy atom. The highest BCUT2D eigenvalue weighted by atomic mass is 16.5. The Labute approximate surface area is 170 Å². The third kappa shape index (κ3) is 5.26. The van der Waals surface area contributed by atoms with Gasteiger partial charge < -0.3 is 24.4 Å². The number of methoxy groups -OCH3 is 2. The number of nitrogens with zero attached hydrogens (tertiary/aromatic N) is 1. The number of amides is 2. The zero-order chi connectivity index (χ0) is 20.8. The highest BCUT2D eigenvalue weighted by Crippen LogP contribution is 2.29. The third-order valence-electron chi connectivity index (χ3n) is 4.77. The maximum atomic E-state index is 12.8. The Balaban J connectivity index is 1.73. The summed E-state index contributed by atoms with van der Waals surface area (Å²) in [6, 6.07) is 13.2. The number of rotatable bonds is 7. The van der Waals surface area contributed by atoms with Gasteiger partial charge in [0.05, 0.1) is 7.11 Å². The predicted octanol–water partition coefficient (Wildman–Crippen LogP) is 2.63. The lowest BCUT2D eigenvalue weighted by atomic mass is 10.1. The molecule has 0 saturated carbocycles. The molecule has 1 heterocycles. The molecular formula is C22H26N2O5. The van der Waals surface area contributed by atoms with Gasteiger partial charge in [-0.25, -0.2) is 0 Å². The van der Waals surface area contributed by atoms with Crippen LogP contribution in [0.1, 0.15) is 18.1 Å². The molecule has 0 aromatic heterocycles. The third-order valence-corrected chi connectivity index (χ3v) is 4.77. The lowest BCUT2D eigenvalue weighted by molar-refractivity contribution is -0.137. The van der Waals surface area contributed by atoms with Crippen LogP contribution < -0.4 is 14.8 Å². The van der Waals surface area contributed by atoms with Gasteiger partial charge in [-0.1, -0.05) is 12.1 Å². The molecule has 0 aliphatic carbocycles. The molecule has 0 radical (unpaired) electrons. The topological polar surface area (TPSA) is 77.1 Å². The predicted molar refractivity (Wildman–Crippen MR) is 109 cm³/mol. The summed E-state index contributed by atoms with van der Waals surface area (Å²) in [5.41, 5.74) is 2.62. The normalized spacial score (nSPS) is 15.9. The molecule has 1 N–H and O–H groups in total. The van der Waals surface area contributed by atoms with Crippen LogP contribution >= 0.6 is 0 Å². The first-order valence-corrected chi connectivity index (χ1v) is 9.50. The van der Waals surface area contributed by atoms with Crippen LogP contribution in [-0.2, 0) is 27.3 Å². The number of benzene rings is 2. The quantitative estimate of drug-likeness (QED) is 0.776. The van der Waals surface area contributed by atoms with E-state index in [9.17, 15) is 9.59 Å². The van der Waals surface area contributed by atoms with Crippen molar-refractivity contribution in [3.05, 3.63) is 53.6 Å². The Hall–Kier alpha value is -3.06. The van der Waals surface area contributed by atoms with E-state index < -0.39 is 6.10 Å². The number of hydrogen-bond acceptors (Lipinski definition) is 5. The minimum atomic E-state index is -0.568. The molecule has 0 saturated heterocycles. The van der Waals surface area contributed by atoms with Gasteiger partial charge in [-0.2, -0.15) is 0 Å². The highest BCUT2D eigenvalue weighted by molar-refractivity contribution is 5.92. The summed E-state index contributed by atoms with van der Waals surface area (Å²) in [5.74, 6) is 1.17. The van der Waals surface area contributed by atoms with E-state index in [1.807, 2.05) is 30.3 Å². The van der Waals surface area contributed by atoms with E-state index in [2.05, 4.69) is 5.32 Å². The molecule has 154 valence electrons. The minimum absolute atomic E-state index is 0.0168. The van der Waals surface area contributed by atoms with Crippen molar-refractivity contribution < 1.29 is 23.8 Å². The van der Waals surface area contributed by atoms with Crippen molar-refractivity contribution in [3.63, 3.8) is 0 Å². The van der Waals surface area contributed by atoms with Gasteiger partial charge in [-0.15, -0.1) is 0 Å². The number of hydrogen-bond donors (Lipinski definition) is 1. The summed E-state index contributed by atoms with van der Waals surface area (Å²) < 4.78 is 15.9. The second-order valence-corrected chi connectivity index (χ2v) is 6.92. The first kappa shape index (κ1) is 20.7. The summed E-state index contributed by atoms with van der Waals surface area (Å²) in [5, 5.41) is 2.78. The number of ether oxygens (including phenoxy) is 3. The Morgan fingerprint density at radius 1 is 1.21 bits per heavy atom. The molecule has 1 aliphatic heterocycles. The van der Waals surface area contributed by atoms with E-state index in [-0.39, 0.29) is 18.4 Å². The van der Waals surface area contributed by atoms with Gasteiger partial charge in [0.1, 0.15) is 18.1 Å². The van der Waals surface area contributed by atoms with Crippen LogP contribution in [-0.4, -0.2) is 50.2 Å². The van der Waals surface area contributed by atoms with Crippen molar-refractivity contribution in [1.29, 1.82) is 0 Å². The van der Waals surface area contributed by atoms with Crippen molar-refractivity contribution >= 4 is 17.5 Å². The zero-order valence-corrected chi connectivity index (χ0v) is 16.9. The summed E-state index contributed by atoms with van der Waals surface area (Å²) in [6.45, 7) is 2.73. The highest BCUT2D eigenvalue weighted by Gasteiger charge is 2.27. The fourth-order valence-corrected chi connectivity index (χ4v) is 3.25. The van der Waals surface area contributed by atoms with Crippen molar-refractivity contribution in [1.82, 2.24) is 4.90 Å². The van der Waals surface area contributed by atoms with Crippen molar-refractivity contribution in [3.8, 4) is 11.5 Å². The van der Waals surface area contributed by atoms with E-state index in [1.54, 1.807) is 31.1 Å². The van der Waals surface area contributed by atoms with E-state index in [4.69, 9.17) is 14.2 Å². The Morgan fingerprint density at radius 2 is 1.97 bits per heavy atom. The summed E-state index contributed by atoms with van der Waals surface area (Å²) in [6.07, 6.45) is 0.156. The lowest BCUT2D eigenvalue weighted by Crippen LogP contribution is -2.39. The van der Waals surface area contributed by atoms with Crippen LogP contribution in [0.25, 0.3) is 0 Å². The molecule has 29 heavy (non-hydrogen) atoms. The number of carbonyl (C=O) groups is 2. The molecule has 2 aromatic carbocycles. The van der Waals surface area contributed by atoms with E-state index >= 15 is 0 Å². The van der Waals surface area contributed by atoms with Crippen LogP contribution in [0.2, 0.25) is 0 Å². The number of nitrogens with one attached hydrogen (secondary N) is 1. The van der Waals surface area contributed by atoms with Crippen molar-refractivity contribution in [2.75, 3.05) is 32.7 Å². The smallest absolute Gasteiger partial charge is 0.263 e. The van der Waals surface area contributed by atoms with Gasteiger partial charge in [0, 0.05) is 31.5 Å². The second-order valence-electron chi connectivity index (χ2n) is 6.92. The van der Waals surface area contributed by atoms with E-state index in [0.29, 0.717) is 24.5 Å². The van der Waals surface area contributed by atoms with E-state index in [1.165, 1.54) is 7.11 Å². The van der Waals surface area contributed by atoms with Crippen LogP contribution in [0.3, 0.4) is 0 Å². The first-order valence-electron chi connectivity index (χ1n) is 9.50. The van der Waals surface area contributed by atoms with Crippen LogP contribution in [0.15, 0.2) is 42.5 Å². The average molecular weight is 398 g/mol. The van der Waals surface area contributed by atoms with Gasteiger partial charge in [0.15, 0.2) is 6.10 Å². The van der Waals surface area contributed by atoms with Crippen molar-refractivity contribution in [2.24, 2.45) is 0 Å². The first-order chi connectivity index (χ1) is 14.0. The van der Waals surface area contributed by atoms with Gasteiger partial charge in [-0.05, 0) is 49.2 Å². The molecule has 7 heteroatoms. The number of anilines is 1. The fraction of sp³-hybridized carbons (Fsp3) is 0.364. The van der Waals surface area contributed by atoms with Gasteiger partial charge in [0.2, 0.25) is 5.91 Å². The zero-order valence-electron chi connectivity index (χ0n) is 16.9. The Bertz CT molecular complexity index is 866. The average Bonchev–Trinajstić information content (AvgIpc) is 2.83. The maximum absolute atomic E-state index is 12.8. The molecule has 0 fully saturated rings. The van der Waals surface area contributed by atoms with Crippen molar-refractivity contribution in [2.45, 2.75) is 26.0 Å². The molecule has 7 nitrogen and oxygen atoms in total. The molecule has 2 aromatic rings. The molecule has 3 rings (SSSR count). The maximum Gasteiger partial charge on any atom is 0.263 e. The summed E-state index contributed by atoms with van der Waals surface area (Å²) in [7, 11) is 3.10. The molecular weight excluding hydrogens is 372 g/mol. The van der Waals surface area contributed by atoms with Crippen LogP contribution in [0.5, 0.6) is 11.5 Å². The van der Waals surface area contributed by atoms with Gasteiger partial charge >= 0.3 is 0 Å². The lowest BCUT2D eigenvalue weighted by Gasteiger charge is -2.22. The van der Waals surface area contributed by atoms with Gasteiger partial charge in [0.25, 0.3) is 5.91 Å². The standard InChI is InChI=1S/C22H26N2O5/c1-15-22(26)24(11-10-16-4-7-19(28-3)8-5-16)13-17-12-18(6-9-20(17)29-15)23-21(25)14-27-2/h4-9,12,15H,10-11,13-14H2,1-3H3,(H,23,25). The number of fused-ring (bicyclic) bond motifs is 1. The Kier molecular flexibility index (Phi) is 6.72. The molecule has 1 aliphatic rings. The molecule has 0 bridgehead atoms.